The molecule has 3 rings (SSSR count). The first-order valence-corrected chi connectivity index (χ1v) is 8.71. The predicted octanol–water partition coefficient (Wildman–Crippen LogP) is 2.36. The lowest BCUT2D eigenvalue weighted by Gasteiger charge is -2.31. The third kappa shape index (κ3) is 3.66. The van der Waals surface area contributed by atoms with Crippen molar-refractivity contribution in [3.05, 3.63) is 29.7 Å². The second-order valence-electron chi connectivity index (χ2n) is 6.64. The minimum absolute atomic E-state index is 0.118. The Morgan fingerprint density at radius 2 is 2.29 bits per heavy atom. The fourth-order valence-electron chi connectivity index (χ4n) is 3.02. The summed E-state index contributed by atoms with van der Waals surface area (Å²) in [4.78, 5) is 18.9. The average molecular weight is 331 g/mol. The number of carbonyl (C=O) groups is 1. The van der Waals surface area contributed by atoms with Crippen LogP contribution in [0.2, 0.25) is 0 Å². The fourth-order valence-corrected chi connectivity index (χ4v) is 3.02. The molecule has 130 valence electrons. The van der Waals surface area contributed by atoms with E-state index in [2.05, 4.69) is 29.1 Å². The van der Waals surface area contributed by atoms with Gasteiger partial charge in [-0.05, 0) is 32.8 Å². The van der Waals surface area contributed by atoms with Crippen LogP contribution in [0.5, 0.6) is 0 Å². The first-order chi connectivity index (χ1) is 11.6. The molecule has 7 heteroatoms. The first-order valence-electron chi connectivity index (χ1n) is 8.71. The molecule has 0 aliphatic carbocycles. The van der Waals surface area contributed by atoms with E-state index in [1.807, 2.05) is 28.8 Å². The number of hydrogen-bond acceptors (Lipinski definition) is 5. The molecule has 0 N–H and O–H groups in total. The van der Waals surface area contributed by atoms with E-state index in [-0.39, 0.29) is 11.8 Å². The fraction of sp³-hybridized carbons (Fsp3) is 0.647. The molecule has 24 heavy (non-hydrogen) atoms. The molecule has 0 saturated carbocycles. The SMILES string of the molecule is CCc1nc([C@@H]2CCCN(C(=O)Cc3ccn(C(C)C)n3)C2)no1. The lowest BCUT2D eigenvalue weighted by Crippen LogP contribution is -2.40. The van der Waals surface area contributed by atoms with Crippen LogP contribution in [-0.2, 0) is 17.6 Å². The van der Waals surface area contributed by atoms with Gasteiger partial charge in [0.05, 0.1) is 12.1 Å². The molecule has 1 atom stereocenters. The number of aromatic nitrogens is 4. The van der Waals surface area contributed by atoms with Gasteiger partial charge in [-0.3, -0.25) is 9.48 Å². The van der Waals surface area contributed by atoms with E-state index >= 15 is 0 Å². The molecule has 0 unspecified atom stereocenters. The Hall–Kier alpha value is -2.18. The quantitative estimate of drug-likeness (QED) is 0.840. The summed E-state index contributed by atoms with van der Waals surface area (Å²) in [6.07, 6.45) is 4.97. The molecule has 0 bridgehead atoms. The van der Waals surface area contributed by atoms with E-state index in [9.17, 15) is 4.79 Å². The number of piperidine rings is 1. The number of hydrogen-bond donors (Lipinski definition) is 0. The summed E-state index contributed by atoms with van der Waals surface area (Å²) in [6, 6.07) is 2.23. The molecule has 2 aromatic heterocycles. The van der Waals surface area contributed by atoms with Gasteiger partial charge >= 0.3 is 0 Å². The highest BCUT2D eigenvalue weighted by Gasteiger charge is 2.28. The van der Waals surface area contributed by atoms with Crippen LogP contribution in [0.4, 0.5) is 0 Å². The highest BCUT2D eigenvalue weighted by Crippen LogP contribution is 2.25. The van der Waals surface area contributed by atoms with Gasteiger partial charge in [0.1, 0.15) is 0 Å². The zero-order chi connectivity index (χ0) is 17.1. The Bertz CT molecular complexity index is 691. The standard InChI is InChI=1S/C17H25N5O2/c1-4-15-18-17(20-24-15)13-6-5-8-21(11-13)16(23)10-14-7-9-22(19-14)12(2)3/h7,9,12-13H,4-6,8,10-11H2,1-3H3/t13-/m1/s1. The molecule has 1 saturated heterocycles. The van der Waals surface area contributed by atoms with Crippen molar-refractivity contribution in [3.8, 4) is 0 Å². The Morgan fingerprint density at radius 3 is 2.96 bits per heavy atom. The second kappa shape index (κ2) is 7.15. The van der Waals surface area contributed by atoms with Crippen LogP contribution < -0.4 is 0 Å². The number of carbonyl (C=O) groups excluding carboxylic acids is 1. The topological polar surface area (TPSA) is 77.1 Å². The third-order valence-corrected chi connectivity index (χ3v) is 4.45. The molecule has 1 fully saturated rings. The summed E-state index contributed by atoms with van der Waals surface area (Å²) in [5.74, 6) is 1.67. The Labute approximate surface area is 142 Å². The monoisotopic (exact) mass is 331 g/mol. The summed E-state index contributed by atoms with van der Waals surface area (Å²) in [6.45, 7) is 7.59. The van der Waals surface area contributed by atoms with E-state index in [1.54, 1.807) is 0 Å². The highest BCUT2D eigenvalue weighted by atomic mass is 16.5. The van der Waals surface area contributed by atoms with Gasteiger partial charge in [-0.1, -0.05) is 12.1 Å². The van der Waals surface area contributed by atoms with Crippen molar-refractivity contribution in [2.75, 3.05) is 13.1 Å². The molecule has 0 spiro atoms. The smallest absolute Gasteiger partial charge is 0.228 e. The summed E-state index contributed by atoms with van der Waals surface area (Å²) in [5.41, 5.74) is 0.823. The first kappa shape index (κ1) is 16.7. The summed E-state index contributed by atoms with van der Waals surface area (Å²) in [7, 11) is 0. The van der Waals surface area contributed by atoms with Crippen molar-refractivity contribution in [1.82, 2.24) is 24.8 Å². The molecular formula is C17H25N5O2. The predicted molar refractivity (Wildman–Crippen MR) is 88.5 cm³/mol. The molecule has 3 heterocycles. The van der Waals surface area contributed by atoms with Crippen molar-refractivity contribution >= 4 is 5.91 Å². The van der Waals surface area contributed by atoms with Crippen LogP contribution >= 0.6 is 0 Å². The third-order valence-electron chi connectivity index (χ3n) is 4.45. The van der Waals surface area contributed by atoms with Gasteiger partial charge in [-0.2, -0.15) is 10.1 Å². The normalized spacial score (nSPS) is 18.3. The van der Waals surface area contributed by atoms with E-state index in [1.165, 1.54) is 0 Å². The number of nitrogens with zero attached hydrogens (tertiary/aromatic N) is 5. The minimum Gasteiger partial charge on any atom is -0.342 e. The molecule has 1 aliphatic heterocycles. The number of aryl methyl sites for hydroxylation is 1. The molecule has 1 amide bonds. The molecule has 2 aromatic rings. The van der Waals surface area contributed by atoms with E-state index < -0.39 is 0 Å². The maximum Gasteiger partial charge on any atom is 0.228 e. The summed E-state index contributed by atoms with van der Waals surface area (Å²) in [5, 5.41) is 8.54. The van der Waals surface area contributed by atoms with E-state index in [0.29, 0.717) is 24.9 Å². The number of likely N-dealkylation sites (tertiary alicyclic amines) is 1. The largest absolute Gasteiger partial charge is 0.342 e. The van der Waals surface area contributed by atoms with Gasteiger partial charge in [0.25, 0.3) is 0 Å². The average Bonchev–Trinajstić information content (AvgIpc) is 3.24. The van der Waals surface area contributed by atoms with Gasteiger partial charge < -0.3 is 9.42 Å². The molecular weight excluding hydrogens is 306 g/mol. The molecule has 7 nitrogen and oxygen atoms in total. The van der Waals surface area contributed by atoms with Crippen LogP contribution in [0.3, 0.4) is 0 Å². The Balaban J connectivity index is 1.62. The van der Waals surface area contributed by atoms with Crippen LogP contribution in [0, 0.1) is 0 Å². The molecule has 1 aliphatic rings. The van der Waals surface area contributed by atoms with E-state index in [4.69, 9.17) is 4.52 Å². The van der Waals surface area contributed by atoms with Crippen molar-refractivity contribution in [2.45, 2.75) is 58.4 Å². The van der Waals surface area contributed by atoms with Crippen LogP contribution in [0.25, 0.3) is 0 Å². The number of amides is 1. The van der Waals surface area contributed by atoms with Crippen LogP contribution in [-0.4, -0.2) is 43.8 Å². The zero-order valence-corrected chi connectivity index (χ0v) is 14.6. The van der Waals surface area contributed by atoms with E-state index in [0.717, 1.165) is 37.3 Å². The van der Waals surface area contributed by atoms with Gasteiger partial charge in [0, 0.05) is 37.7 Å². The van der Waals surface area contributed by atoms with Gasteiger partial charge in [0.2, 0.25) is 11.8 Å². The second-order valence-corrected chi connectivity index (χ2v) is 6.64. The lowest BCUT2D eigenvalue weighted by molar-refractivity contribution is -0.131. The van der Waals surface area contributed by atoms with Gasteiger partial charge in [-0.15, -0.1) is 0 Å². The summed E-state index contributed by atoms with van der Waals surface area (Å²) < 4.78 is 7.09. The van der Waals surface area contributed by atoms with Crippen molar-refractivity contribution in [1.29, 1.82) is 0 Å². The minimum atomic E-state index is 0.118. The van der Waals surface area contributed by atoms with Gasteiger partial charge in [0.15, 0.2) is 5.82 Å². The van der Waals surface area contributed by atoms with Crippen LogP contribution in [0.1, 0.15) is 63.0 Å². The highest BCUT2D eigenvalue weighted by molar-refractivity contribution is 5.78. The zero-order valence-electron chi connectivity index (χ0n) is 14.6. The van der Waals surface area contributed by atoms with Gasteiger partial charge in [-0.25, -0.2) is 0 Å². The number of rotatable bonds is 5. The maximum atomic E-state index is 12.6. The van der Waals surface area contributed by atoms with Crippen molar-refractivity contribution in [3.63, 3.8) is 0 Å². The molecule has 0 radical (unpaired) electrons. The lowest BCUT2D eigenvalue weighted by atomic mass is 9.97. The summed E-state index contributed by atoms with van der Waals surface area (Å²) >= 11 is 0. The molecule has 0 aromatic carbocycles. The van der Waals surface area contributed by atoms with Crippen LogP contribution in [0.15, 0.2) is 16.8 Å². The van der Waals surface area contributed by atoms with Crippen molar-refractivity contribution in [2.24, 2.45) is 0 Å². The maximum absolute atomic E-state index is 12.6. The Kier molecular flexibility index (Phi) is 4.97. The Morgan fingerprint density at radius 1 is 1.46 bits per heavy atom. The van der Waals surface area contributed by atoms with Crippen molar-refractivity contribution < 1.29 is 9.32 Å².